The van der Waals surface area contributed by atoms with E-state index in [1.807, 2.05) is 0 Å². The molecule has 2 N–H and O–H groups in total. The summed E-state index contributed by atoms with van der Waals surface area (Å²) in [6.07, 6.45) is 2.52. The molecule has 0 aromatic heterocycles. The van der Waals surface area contributed by atoms with E-state index in [0.717, 1.165) is 12.5 Å². The minimum Gasteiger partial charge on any atom is -0.327 e. The summed E-state index contributed by atoms with van der Waals surface area (Å²) in [6.45, 7) is 12.0. The van der Waals surface area contributed by atoms with Gasteiger partial charge in [-0.05, 0) is 18.5 Å². The fourth-order valence-corrected chi connectivity index (χ4v) is 3.91. The number of nitrogens with two attached hydrogens (primary N) is 1. The molecule has 0 spiro atoms. The second-order valence-corrected chi connectivity index (χ2v) is 11.3. The minimum atomic E-state index is -0.933. The van der Waals surface area contributed by atoms with E-state index in [-0.39, 0.29) is 0 Å². The summed E-state index contributed by atoms with van der Waals surface area (Å²) in [4.78, 5) is 2.57. The summed E-state index contributed by atoms with van der Waals surface area (Å²) in [5.41, 5.74) is 6.01. The Kier molecular flexibility index (Phi) is 3.55. The summed E-state index contributed by atoms with van der Waals surface area (Å²) in [5, 5.41) is 0. The van der Waals surface area contributed by atoms with Gasteiger partial charge in [-0.25, -0.2) is 0 Å². The van der Waals surface area contributed by atoms with Crippen LogP contribution < -0.4 is 5.73 Å². The Morgan fingerprint density at radius 1 is 1.31 bits per heavy atom. The first-order valence-corrected chi connectivity index (χ1v) is 9.05. The lowest BCUT2D eigenvalue weighted by Gasteiger charge is -2.37. The highest BCUT2D eigenvalue weighted by molar-refractivity contribution is 6.76. The number of hydrogen-bond acceptors (Lipinski definition) is 2. The fraction of sp³-hybridized carbons (Fsp3) is 1.00. The van der Waals surface area contributed by atoms with Gasteiger partial charge in [0.2, 0.25) is 0 Å². The maximum Gasteiger partial charge on any atom is 0.0599 e. The molecule has 1 fully saturated rings. The van der Waals surface area contributed by atoms with Crippen LogP contribution in [-0.4, -0.2) is 38.3 Å². The van der Waals surface area contributed by atoms with E-state index in [1.54, 1.807) is 0 Å². The summed E-state index contributed by atoms with van der Waals surface area (Å²) in [7, 11) is -0.933. The van der Waals surface area contributed by atoms with E-state index < -0.39 is 8.07 Å². The lowest BCUT2D eigenvalue weighted by atomic mass is 9.97. The van der Waals surface area contributed by atoms with Gasteiger partial charge in [0.05, 0.1) is 8.07 Å². The van der Waals surface area contributed by atoms with Gasteiger partial charge >= 0.3 is 0 Å². The van der Waals surface area contributed by atoms with Crippen molar-refractivity contribution < 1.29 is 0 Å². The Balaban J connectivity index is 2.42. The van der Waals surface area contributed by atoms with Crippen molar-refractivity contribution in [1.82, 2.24) is 4.90 Å². The largest absolute Gasteiger partial charge is 0.327 e. The van der Waals surface area contributed by atoms with Crippen LogP contribution in [0.1, 0.15) is 13.3 Å². The van der Waals surface area contributed by atoms with Crippen LogP contribution in [0, 0.1) is 5.92 Å². The summed E-state index contributed by atoms with van der Waals surface area (Å²) in [5.74, 6) is 0.792. The van der Waals surface area contributed by atoms with Crippen LogP contribution in [0.4, 0.5) is 0 Å². The first-order valence-electron chi connectivity index (χ1n) is 5.35. The van der Waals surface area contributed by atoms with Gasteiger partial charge < -0.3 is 10.6 Å². The predicted octanol–water partition coefficient (Wildman–Crippen LogP) is 1.53. The third-order valence-electron chi connectivity index (χ3n) is 2.47. The summed E-state index contributed by atoms with van der Waals surface area (Å²) < 4.78 is 0. The average Bonchev–Trinajstić information content (AvgIpc) is 1.78. The van der Waals surface area contributed by atoms with E-state index in [4.69, 9.17) is 5.73 Å². The Labute approximate surface area is 83.5 Å². The van der Waals surface area contributed by atoms with Crippen LogP contribution in [0.5, 0.6) is 0 Å². The number of rotatable bonds is 2. The molecule has 3 heteroatoms. The molecule has 0 aromatic carbocycles. The maximum absolute atomic E-state index is 6.01. The normalized spacial score (nSPS) is 32.1. The standard InChI is InChI=1S/C10H24N2Si/c1-9-5-10(11)7-12(6-9)8-13(2,3)4/h9-10H,5-8,11H2,1-4H3. The molecule has 78 valence electrons. The molecule has 2 unspecified atom stereocenters. The van der Waals surface area contributed by atoms with Crippen LogP contribution in [0.15, 0.2) is 0 Å². The Bertz CT molecular complexity index is 155. The molecule has 1 aliphatic rings. The van der Waals surface area contributed by atoms with E-state index in [2.05, 4.69) is 31.5 Å². The van der Waals surface area contributed by atoms with Gasteiger partial charge in [0, 0.05) is 19.1 Å². The van der Waals surface area contributed by atoms with Crippen molar-refractivity contribution >= 4 is 8.07 Å². The van der Waals surface area contributed by atoms with Gasteiger partial charge in [-0.15, -0.1) is 0 Å². The molecule has 1 saturated heterocycles. The van der Waals surface area contributed by atoms with Crippen LogP contribution in [0.2, 0.25) is 19.6 Å². The fourth-order valence-electron chi connectivity index (χ4n) is 2.31. The van der Waals surface area contributed by atoms with E-state index in [0.29, 0.717) is 6.04 Å². The molecular formula is C10H24N2Si. The van der Waals surface area contributed by atoms with Crippen LogP contribution >= 0.6 is 0 Å². The molecule has 1 heterocycles. The van der Waals surface area contributed by atoms with Crippen LogP contribution in [-0.2, 0) is 0 Å². The van der Waals surface area contributed by atoms with Crippen molar-refractivity contribution in [3.63, 3.8) is 0 Å². The highest BCUT2D eigenvalue weighted by Crippen LogP contribution is 2.16. The molecule has 0 aromatic rings. The van der Waals surface area contributed by atoms with Gasteiger partial charge in [0.25, 0.3) is 0 Å². The first kappa shape index (κ1) is 11.2. The predicted molar refractivity (Wildman–Crippen MR) is 61.5 cm³/mol. The quantitative estimate of drug-likeness (QED) is 0.685. The van der Waals surface area contributed by atoms with Crippen molar-refractivity contribution in [2.75, 3.05) is 19.3 Å². The zero-order valence-corrected chi connectivity index (χ0v) is 10.5. The summed E-state index contributed by atoms with van der Waals surface area (Å²) >= 11 is 0. The highest BCUT2D eigenvalue weighted by Gasteiger charge is 2.25. The molecule has 0 radical (unpaired) electrons. The highest BCUT2D eigenvalue weighted by atomic mass is 28.3. The lowest BCUT2D eigenvalue weighted by Crippen LogP contribution is -2.51. The van der Waals surface area contributed by atoms with E-state index >= 15 is 0 Å². The van der Waals surface area contributed by atoms with Gasteiger partial charge in [0.1, 0.15) is 0 Å². The number of nitrogens with zero attached hydrogens (tertiary/aromatic N) is 1. The Hall–Kier alpha value is 0.137. The zero-order chi connectivity index (χ0) is 10.1. The molecule has 1 rings (SSSR count). The smallest absolute Gasteiger partial charge is 0.0599 e. The van der Waals surface area contributed by atoms with Crippen molar-refractivity contribution in [2.45, 2.75) is 39.0 Å². The monoisotopic (exact) mass is 200 g/mol. The van der Waals surface area contributed by atoms with Crippen molar-refractivity contribution in [2.24, 2.45) is 11.7 Å². The number of likely N-dealkylation sites (tertiary alicyclic amines) is 1. The Morgan fingerprint density at radius 3 is 2.38 bits per heavy atom. The second kappa shape index (κ2) is 4.11. The van der Waals surface area contributed by atoms with Gasteiger partial charge in [-0.2, -0.15) is 0 Å². The molecule has 0 bridgehead atoms. The van der Waals surface area contributed by atoms with Crippen LogP contribution in [0.25, 0.3) is 0 Å². The van der Waals surface area contributed by atoms with Crippen molar-refractivity contribution in [1.29, 1.82) is 0 Å². The second-order valence-electron chi connectivity index (χ2n) is 5.86. The number of hydrogen-bond donors (Lipinski definition) is 1. The van der Waals surface area contributed by atoms with E-state index in [9.17, 15) is 0 Å². The van der Waals surface area contributed by atoms with Crippen molar-refractivity contribution in [3.8, 4) is 0 Å². The van der Waals surface area contributed by atoms with Gasteiger partial charge in [-0.1, -0.05) is 26.6 Å². The zero-order valence-electron chi connectivity index (χ0n) is 9.51. The van der Waals surface area contributed by atoms with E-state index in [1.165, 1.54) is 19.1 Å². The minimum absolute atomic E-state index is 0.417. The third kappa shape index (κ3) is 4.25. The first-order chi connectivity index (χ1) is 5.87. The molecule has 1 aliphatic heterocycles. The third-order valence-corrected chi connectivity index (χ3v) is 3.86. The molecule has 0 saturated carbocycles. The van der Waals surface area contributed by atoms with Crippen LogP contribution in [0.3, 0.4) is 0 Å². The molecule has 13 heavy (non-hydrogen) atoms. The Morgan fingerprint density at radius 2 is 1.92 bits per heavy atom. The SMILES string of the molecule is CC1CC(N)CN(C[Si](C)(C)C)C1. The number of piperidine rings is 1. The molecule has 2 nitrogen and oxygen atoms in total. The lowest BCUT2D eigenvalue weighted by molar-refractivity contribution is 0.187. The maximum atomic E-state index is 6.01. The van der Waals surface area contributed by atoms with Gasteiger partial charge in [-0.3, -0.25) is 0 Å². The summed E-state index contributed by atoms with van der Waals surface area (Å²) in [6, 6.07) is 0.417. The topological polar surface area (TPSA) is 29.3 Å². The molecule has 0 amide bonds. The average molecular weight is 200 g/mol. The molecular weight excluding hydrogens is 176 g/mol. The van der Waals surface area contributed by atoms with Crippen molar-refractivity contribution in [3.05, 3.63) is 0 Å². The molecule has 2 atom stereocenters. The van der Waals surface area contributed by atoms with Gasteiger partial charge in [0.15, 0.2) is 0 Å². The molecule has 0 aliphatic carbocycles.